The van der Waals surface area contributed by atoms with E-state index in [2.05, 4.69) is 0 Å². The molecule has 0 radical (unpaired) electrons. The number of hydrogen-bond acceptors (Lipinski definition) is 4. The van der Waals surface area contributed by atoms with Gasteiger partial charge in [-0.1, -0.05) is 35.3 Å². The molecule has 0 saturated carbocycles. The van der Waals surface area contributed by atoms with E-state index in [1.54, 1.807) is 49.5 Å². The fraction of sp³-hybridized carbons (Fsp3) is 0.304. The molecule has 2 aliphatic rings. The molecule has 0 spiro atoms. The lowest BCUT2D eigenvalue weighted by molar-refractivity contribution is -0.119. The predicted molar refractivity (Wildman–Crippen MR) is 117 cm³/mol. The summed E-state index contributed by atoms with van der Waals surface area (Å²) >= 11 is 12.7. The van der Waals surface area contributed by atoms with E-state index in [1.165, 1.54) is 0 Å². The van der Waals surface area contributed by atoms with E-state index in [0.717, 1.165) is 0 Å². The highest BCUT2D eigenvalue weighted by Gasteiger charge is 2.41. The zero-order chi connectivity index (χ0) is 21.4. The molecule has 0 bridgehead atoms. The summed E-state index contributed by atoms with van der Waals surface area (Å²) in [6, 6.07) is 10.6. The van der Waals surface area contributed by atoms with Crippen molar-refractivity contribution in [1.29, 1.82) is 0 Å². The summed E-state index contributed by atoms with van der Waals surface area (Å²) in [5.41, 5.74) is 2.61. The lowest BCUT2D eigenvalue weighted by Gasteiger charge is -2.39. The first-order valence-corrected chi connectivity index (χ1v) is 10.5. The molecular weight excluding hydrogens is 425 g/mol. The third-order valence-electron chi connectivity index (χ3n) is 5.66. The molecule has 0 aromatic heterocycles. The third kappa shape index (κ3) is 3.46. The molecule has 1 atom stereocenters. The average molecular weight is 446 g/mol. The normalized spacial score (nSPS) is 19.1. The van der Waals surface area contributed by atoms with Gasteiger partial charge < -0.3 is 9.47 Å². The molecular formula is C23H21Cl2NO4. The lowest BCUT2D eigenvalue weighted by Crippen LogP contribution is -2.40. The van der Waals surface area contributed by atoms with Crippen molar-refractivity contribution in [2.24, 2.45) is 0 Å². The largest absolute Gasteiger partial charge is 0.497 e. The van der Waals surface area contributed by atoms with Crippen LogP contribution in [0.5, 0.6) is 11.5 Å². The summed E-state index contributed by atoms with van der Waals surface area (Å²) in [5.74, 6) is 0.628. The lowest BCUT2D eigenvalue weighted by atomic mass is 9.77. The van der Waals surface area contributed by atoms with Crippen LogP contribution >= 0.6 is 23.2 Å². The first-order valence-electron chi connectivity index (χ1n) is 9.71. The number of ketones is 1. The second kappa shape index (κ2) is 8.32. The number of amides is 1. The van der Waals surface area contributed by atoms with E-state index in [4.69, 9.17) is 32.7 Å². The maximum absolute atomic E-state index is 13.4. The van der Waals surface area contributed by atoms with Crippen molar-refractivity contribution >= 4 is 40.6 Å². The van der Waals surface area contributed by atoms with Gasteiger partial charge in [0.1, 0.15) is 11.5 Å². The molecule has 1 aliphatic carbocycles. The van der Waals surface area contributed by atoms with Crippen LogP contribution in [0.2, 0.25) is 10.0 Å². The van der Waals surface area contributed by atoms with Gasteiger partial charge in [0.05, 0.1) is 30.0 Å². The van der Waals surface area contributed by atoms with Gasteiger partial charge in [0.25, 0.3) is 0 Å². The molecule has 7 heteroatoms. The molecule has 1 heterocycles. The predicted octanol–water partition coefficient (Wildman–Crippen LogP) is 5.54. The number of hydrogen-bond donors (Lipinski definition) is 0. The van der Waals surface area contributed by atoms with Crippen LogP contribution < -0.4 is 14.4 Å². The highest BCUT2D eigenvalue weighted by atomic mass is 35.5. The maximum atomic E-state index is 13.4. The maximum Gasteiger partial charge on any atom is 0.232 e. The van der Waals surface area contributed by atoms with Crippen LogP contribution in [0.1, 0.15) is 37.2 Å². The van der Waals surface area contributed by atoms with Gasteiger partial charge in [-0.3, -0.25) is 14.5 Å². The van der Waals surface area contributed by atoms with Crippen LogP contribution in [0.4, 0.5) is 5.69 Å². The van der Waals surface area contributed by atoms with E-state index in [0.29, 0.717) is 63.3 Å². The second-order valence-electron chi connectivity index (χ2n) is 7.30. The molecule has 5 nitrogen and oxygen atoms in total. The van der Waals surface area contributed by atoms with Crippen LogP contribution in [-0.2, 0) is 9.59 Å². The van der Waals surface area contributed by atoms with Crippen LogP contribution in [0.25, 0.3) is 0 Å². The molecule has 1 amide bonds. The van der Waals surface area contributed by atoms with Crippen molar-refractivity contribution in [2.45, 2.75) is 31.6 Å². The van der Waals surface area contributed by atoms with Crippen LogP contribution in [-0.4, -0.2) is 25.9 Å². The van der Waals surface area contributed by atoms with Gasteiger partial charge in [-0.15, -0.1) is 0 Å². The average Bonchev–Trinajstić information content (AvgIpc) is 2.75. The number of methoxy groups -OCH3 is 2. The molecule has 156 valence electrons. The minimum Gasteiger partial charge on any atom is -0.497 e. The van der Waals surface area contributed by atoms with Crippen molar-refractivity contribution in [1.82, 2.24) is 0 Å². The van der Waals surface area contributed by atoms with Crippen LogP contribution in [0, 0.1) is 0 Å². The monoisotopic (exact) mass is 445 g/mol. The Bertz CT molecular complexity index is 1060. The summed E-state index contributed by atoms with van der Waals surface area (Å²) in [6.45, 7) is 0. The molecule has 4 rings (SSSR count). The number of nitrogens with zero attached hydrogens (tertiary/aromatic N) is 1. The van der Waals surface area contributed by atoms with Gasteiger partial charge in [-0.2, -0.15) is 0 Å². The first kappa shape index (κ1) is 20.8. The van der Waals surface area contributed by atoms with E-state index in [1.807, 2.05) is 6.07 Å². The summed E-state index contributed by atoms with van der Waals surface area (Å²) in [6.07, 6.45) is 1.86. The fourth-order valence-corrected chi connectivity index (χ4v) is 4.74. The van der Waals surface area contributed by atoms with Gasteiger partial charge in [0, 0.05) is 36.1 Å². The Labute approximate surface area is 185 Å². The summed E-state index contributed by atoms with van der Waals surface area (Å²) in [4.78, 5) is 28.1. The fourth-order valence-electron chi connectivity index (χ4n) is 4.30. The minimum absolute atomic E-state index is 0.0386. The number of Topliss-reactive ketones (excluding diaryl/α,β-unsaturated/α-hetero) is 1. The van der Waals surface area contributed by atoms with Gasteiger partial charge >= 0.3 is 0 Å². The van der Waals surface area contributed by atoms with Crippen molar-refractivity contribution in [3.05, 3.63) is 63.3 Å². The zero-order valence-electron chi connectivity index (χ0n) is 16.7. The number of carbonyl (C=O) groups is 2. The van der Waals surface area contributed by atoms with Crippen molar-refractivity contribution < 1.29 is 19.1 Å². The first-order chi connectivity index (χ1) is 14.5. The molecule has 2 aromatic rings. The topological polar surface area (TPSA) is 55.8 Å². The highest BCUT2D eigenvalue weighted by molar-refractivity contribution is 6.42. The van der Waals surface area contributed by atoms with Crippen molar-refractivity contribution in [3.8, 4) is 11.5 Å². The molecule has 2 aromatic carbocycles. The van der Waals surface area contributed by atoms with Gasteiger partial charge in [-0.05, 0) is 36.6 Å². The van der Waals surface area contributed by atoms with E-state index in [9.17, 15) is 9.59 Å². The number of benzene rings is 2. The number of allylic oxidation sites excluding steroid dienone is 2. The summed E-state index contributed by atoms with van der Waals surface area (Å²) in [7, 11) is 3.12. The molecule has 0 N–H and O–H groups in total. The SMILES string of the molecule is COc1ccc(OC)c(N2C(=O)CC(c3cccc(Cl)c3Cl)C3=C2CCCC3=O)c1. The Balaban J connectivity index is 1.92. The number of rotatable bonds is 4. The number of carbonyl (C=O) groups excluding carboxylic acids is 2. The second-order valence-corrected chi connectivity index (χ2v) is 8.09. The number of ether oxygens (including phenoxy) is 2. The zero-order valence-corrected chi connectivity index (χ0v) is 18.2. The molecule has 0 saturated heterocycles. The summed E-state index contributed by atoms with van der Waals surface area (Å²) < 4.78 is 10.9. The molecule has 1 unspecified atom stereocenters. The van der Waals surface area contributed by atoms with E-state index < -0.39 is 5.92 Å². The quantitative estimate of drug-likeness (QED) is 0.619. The Morgan fingerprint density at radius 3 is 2.57 bits per heavy atom. The van der Waals surface area contributed by atoms with Gasteiger partial charge in [-0.25, -0.2) is 0 Å². The third-order valence-corrected chi connectivity index (χ3v) is 6.49. The Hall–Kier alpha value is -2.50. The molecule has 30 heavy (non-hydrogen) atoms. The van der Waals surface area contributed by atoms with Crippen LogP contribution in [0.3, 0.4) is 0 Å². The van der Waals surface area contributed by atoms with Crippen LogP contribution in [0.15, 0.2) is 47.7 Å². The highest BCUT2D eigenvalue weighted by Crippen LogP contribution is 2.47. The minimum atomic E-state index is -0.417. The van der Waals surface area contributed by atoms with Gasteiger partial charge in [0.15, 0.2) is 5.78 Å². The number of halogens is 2. The van der Waals surface area contributed by atoms with Crippen molar-refractivity contribution in [3.63, 3.8) is 0 Å². The van der Waals surface area contributed by atoms with Crippen molar-refractivity contribution in [2.75, 3.05) is 19.1 Å². The van der Waals surface area contributed by atoms with E-state index >= 15 is 0 Å². The smallest absolute Gasteiger partial charge is 0.232 e. The number of anilines is 1. The molecule has 1 aliphatic heterocycles. The summed E-state index contributed by atoms with van der Waals surface area (Å²) in [5, 5.41) is 0.790. The van der Waals surface area contributed by atoms with E-state index in [-0.39, 0.29) is 18.1 Å². The molecule has 0 fully saturated rings. The van der Waals surface area contributed by atoms with Gasteiger partial charge in [0.2, 0.25) is 5.91 Å². The standard InChI is InChI=1S/C23H21Cl2NO4/c1-29-13-9-10-20(30-2)18(11-13)26-17-7-4-8-19(27)22(17)15(12-21(26)28)14-5-3-6-16(24)23(14)25/h3,5-6,9-11,15H,4,7-8,12H2,1-2H3. The Kier molecular flexibility index (Phi) is 5.76. The Morgan fingerprint density at radius 2 is 1.83 bits per heavy atom. The Morgan fingerprint density at radius 1 is 1.03 bits per heavy atom.